The van der Waals surface area contributed by atoms with Crippen LogP contribution in [-0.2, 0) is 9.53 Å². The number of ether oxygens (including phenoxy) is 1. The molecule has 4 nitrogen and oxygen atoms in total. The van der Waals surface area contributed by atoms with Crippen LogP contribution >= 0.6 is 0 Å². The molecule has 0 aromatic heterocycles. The summed E-state index contributed by atoms with van der Waals surface area (Å²) in [4.78, 5) is 11.4. The summed E-state index contributed by atoms with van der Waals surface area (Å²) in [5, 5.41) is 0. The molecule has 0 bridgehead atoms. The molecule has 1 aliphatic heterocycles. The number of carbonyl (C=O) groups excluding carboxylic acids is 1. The zero-order valence-electron chi connectivity index (χ0n) is 7.16. The Morgan fingerprint density at radius 3 is 2.92 bits per heavy atom. The molecule has 1 heterocycles. The molecule has 1 rings (SSSR count). The van der Waals surface area contributed by atoms with Gasteiger partial charge < -0.3 is 16.2 Å². The second-order valence-electron chi connectivity index (χ2n) is 3.17. The first kappa shape index (κ1) is 9.64. The lowest BCUT2D eigenvalue weighted by molar-refractivity contribution is -0.128. The van der Waals surface area contributed by atoms with E-state index in [0.717, 1.165) is 12.8 Å². The van der Waals surface area contributed by atoms with Crippen LogP contribution in [0.5, 0.6) is 0 Å². The number of hydrogen-bond donors (Lipinski definition) is 2. The van der Waals surface area contributed by atoms with Crippen molar-refractivity contribution in [3.8, 4) is 0 Å². The Labute approximate surface area is 72.2 Å². The Balaban J connectivity index is 2.27. The highest BCUT2D eigenvalue weighted by Crippen LogP contribution is 2.14. The summed E-state index contributed by atoms with van der Waals surface area (Å²) in [6, 6.07) is -0.207. The van der Waals surface area contributed by atoms with E-state index in [2.05, 4.69) is 0 Å². The zero-order chi connectivity index (χ0) is 8.97. The van der Waals surface area contributed by atoms with E-state index in [1.54, 1.807) is 0 Å². The average molecular weight is 172 g/mol. The van der Waals surface area contributed by atoms with Crippen LogP contribution in [0.1, 0.15) is 19.3 Å². The molecule has 12 heavy (non-hydrogen) atoms. The average Bonchev–Trinajstić information content (AvgIpc) is 2.56. The lowest BCUT2D eigenvalue weighted by Crippen LogP contribution is -2.35. The molecule has 1 aliphatic rings. The number of nitrogens with two attached hydrogens (primary N) is 2. The van der Waals surface area contributed by atoms with Crippen molar-refractivity contribution in [2.75, 3.05) is 13.2 Å². The first-order valence-corrected chi connectivity index (χ1v) is 4.34. The molecule has 0 amide bonds. The minimum absolute atomic E-state index is 0.102. The van der Waals surface area contributed by atoms with E-state index >= 15 is 0 Å². The van der Waals surface area contributed by atoms with Crippen molar-refractivity contribution in [3.05, 3.63) is 0 Å². The number of ketones is 1. The van der Waals surface area contributed by atoms with E-state index in [0.29, 0.717) is 19.6 Å². The third-order valence-electron chi connectivity index (χ3n) is 2.05. The van der Waals surface area contributed by atoms with Gasteiger partial charge >= 0.3 is 0 Å². The van der Waals surface area contributed by atoms with Crippen molar-refractivity contribution < 1.29 is 9.53 Å². The third-order valence-corrected chi connectivity index (χ3v) is 2.05. The van der Waals surface area contributed by atoms with Crippen LogP contribution in [0.25, 0.3) is 0 Å². The fraction of sp³-hybridized carbons (Fsp3) is 0.875. The topological polar surface area (TPSA) is 78.3 Å². The van der Waals surface area contributed by atoms with E-state index in [9.17, 15) is 4.79 Å². The first-order valence-electron chi connectivity index (χ1n) is 4.34. The molecule has 0 radical (unpaired) electrons. The zero-order valence-corrected chi connectivity index (χ0v) is 7.16. The Morgan fingerprint density at radius 2 is 2.42 bits per heavy atom. The predicted octanol–water partition coefficient (Wildman–Crippen LogP) is -0.589. The van der Waals surface area contributed by atoms with Gasteiger partial charge in [0.25, 0.3) is 0 Å². The maximum Gasteiger partial charge on any atom is 0.163 e. The largest absolute Gasteiger partial charge is 0.370 e. The number of carbonyl (C=O) groups is 1. The standard InChI is InChI=1S/C8H16N2O2/c9-5-6(10)4-7(11)8-2-1-3-12-8/h6,8H,1-5,9-10H2. The minimum atomic E-state index is -0.207. The maximum absolute atomic E-state index is 11.4. The lowest BCUT2D eigenvalue weighted by Gasteiger charge is -2.11. The van der Waals surface area contributed by atoms with E-state index in [4.69, 9.17) is 16.2 Å². The summed E-state index contributed by atoms with van der Waals surface area (Å²) >= 11 is 0. The van der Waals surface area contributed by atoms with Crippen LogP contribution in [-0.4, -0.2) is 31.1 Å². The van der Waals surface area contributed by atoms with E-state index in [1.165, 1.54) is 0 Å². The van der Waals surface area contributed by atoms with Crippen LogP contribution in [0.2, 0.25) is 0 Å². The monoisotopic (exact) mass is 172 g/mol. The second-order valence-corrected chi connectivity index (χ2v) is 3.17. The second kappa shape index (κ2) is 4.54. The summed E-state index contributed by atoms with van der Waals surface area (Å²) in [5.74, 6) is 0.102. The van der Waals surface area contributed by atoms with Crippen molar-refractivity contribution in [2.45, 2.75) is 31.4 Å². The Bertz CT molecular complexity index is 155. The maximum atomic E-state index is 11.4. The Hall–Kier alpha value is -0.450. The lowest BCUT2D eigenvalue weighted by atomic mass is 10.1. The van der Waals surface area contributed by atoms with Crippen molar-refractivity contribution in [1.82, 2.24) is 0 Å². The van der Waals surface area contributed by atoms with Gasteiger partial charge in [-0.3, -0.25) is 4.79 Å². The van der Waals surface area contributed by atoms with Gasteiger partial charge in [0.15, 0.2) is 5.78 Å². The van der Waals surface area contributed by atoms with E-state index in [1.807, 2.05) is 0 Å². The molecule has 70 valence electrons. The quantitative estimate of drug-likeness (QED) is 0.594. The van der Waals surface area contributed by atoms with Crippen molar-refractivity contribution in [1.29, 1.82) is 0 Å². The van der Waals surface area contributed by atoms with Crippen LogP contribution in [0.3, 0.4) is 0 Å². The highest BCUT2D eigenvalue weighted by Gasteiger charge is 2.24. The summed E-state index contributed by atoms with van der Waals surface area (Å²) in [7, 11) is 0. The molecule has 1 saturated heterocycles. The van der Waals surface area contributed by atoms with Gasteiger partial charge in [0.05, 0.1) is 0 Å². The minimum Gasteiger partial charge on any atom is -0.370 e. The first-order chi connectivity index (χ1) is 5.74. The summed E-state index contributed by atoms with van der Waals surface area (Å²) < 4.78 is 5.21. The number of rotatable bonds is 4. The molecule has 0 aliphatic carbocycles. The van der Waals surface area contributed by atoms with Crippen LogP contribution in [0.15, 0.2) is 0 Å². The molecule has 1 fully saturated rings. The van der Waals surface area contributed by atoms with Crippen molar-refractivity contribution >= 4 is 5.78 Å². The van der Waals surface area contributed by atoms with Gasteiger partial charge in [-0.2, -0.15) is 0 Å². The molecule has 0 aromatic rings. The Morgan fingerprint density at radius 1 is 1.67 bits per heavy atom. The molecular formula is C8H16N2O2. The summed E-state index contributed by atoms with van der Waals surface area (Å²) in [6.45, 7) is 1.06. The molecule has 4 N–H and O–H groups in total. The predicted molar refractivity (Wildman–Crippen MR) is 45.6 cm³/mol. The van der Waals surface area contributed by atoms with Gasteiger partial charge in [-0.25, -0.2) is 0 Å². The number of Topliss-reactive ketones (excluding diaryl/α,β-unsaturated/α-hetero) is 1. The smallest absolute Gasteiger partial charge is 0.163 e. The van der Waals surface area contributed by atoms with Crippen molar-refractivity contribution in [2.24, 2.45) is 11.5 Å². The number of hydrogen-bond acceptors (Lipinski definition) is 4. The van der Waals surface area contributed by atoms with Crippen LogP contribution in [0.4, 0.5) is 0 Å². The summed E-state index contributed by atoms with van der Waals surface area (Å²) in [6.07, 6.45) is 1.97. The van der Waals surface area contributed by atoms with Gasteiger partial charge in [-0.1, -0.05) is 0 Å². The van der Waals surface area contributed by atoms with E-state index in [-0.39, 0.29) is 17.9 Å². The molecule has 0 saturated carbocycles. The normalized spacial score (nSPS) is 25.7. The van der Waals surface area contributed by atoms with Crippen LogP contribution < -0.4 is 11.5 Å². The fourth-order valence-electron chi connectivity index (χ4n) is 1.30. The Kier molecular flexibility index (Phi) is 3.65. The molecule has 4 heteroatoms. The summed E-state index contributed by atoms with van der Waals surface area (Å²) in [5.41, 5.74) is 10.8. The fourth-order valence-corrected chi connectivity index (χ4v) is 1.30. The highest BCUT2D eigenvalue weighted by molar-refractivity contribution is 5.83. The van der Waals surface area contributed by atoms with E-state index < -0.39 is 0 Å². The van der Waals surface area contributed by atoms with Gasteiger partial charge in [-0.15, -0.1) is 0 Å². The van der Waals surface area contributed by atoms with Gasteiger partial charge in [-0.05, 0) is 12.8 Å². The molecule has 0 aromatic carbocycles. The molecule has 2 unspecified atom stereocenters. The molecule has 0 spiro atoms. The SMILES string of the molecule is NCC(N)CC(=O)C1CCCO1. The van der Waals surface area contributed by atoms with Gasteiger partial charge in [0.1, 0.15) is 6.10 Å². The highest BCUT2D eigenvalue weighted by atomic mass is 16.5. The van der Waals surface area contributed by atoms with Crippen molar-refractivity contribution in [3.63, 3.8) is 0 Å². The van der Waals surface area contributed by atoms with Crippen LogP contribution in [0, 0.1) is 0 Å². The third kappa shape index (κ3) is 2.55. The van der Waals surface area contributed by atoms with Gasteiger partial charge in [0.2, 0.25) is 0 Å². The molecular weight excluding hydrogens is 156 g/mol. The van der Waals surface area contributed by atoms with Gasteiger partial charge in [0, 0.05) is 25.6 Å². The molecule has 2 atom stereocenters.